The smallest absolute Gasteiger partial charge is 0.261 e. The van der Waals surface area contributed by atoms with Crippen LogP contribution in [0.5, 0.6) is 0 Å². The van der Waals surface area contributed by atoms with Crippen LogP contribution in [0.2, 0.25) is 0 Å². The summed E-state index contributed by atoms with van der Waals surface area (Å²) in [5.41, 5.74) is 2.37. The number of nitrogens with one attached hydrogen (secondary N) is 1. The first kappa shape index (κ1) is 19.4. The topological polar surface area (TPSA) is 101 Å². The summed E-state index contributed by atoms with van der Waals surface area (Å²) in [6.07, 6.45) is 0.602. The Labute approximate surface area is 159 Å². The predicted molar refractivity (Wildman–Crippen MR) is 104 cm³/mol. The third-order valence-corrected chi connectivity index (χ3v) is 7.49. The molecule has 144 valence electrons. The van der Waals surface area contributed by atoms with Gasteiger partial charge in [0.15, 0.2) is 0 Å². The van der Waals surface area contributed by atoms with Gasteiger partial charge in [-0.1, -0.05) is 25.1 Å². The normalized spacial score (nSPS) is 16.5. The molecular weight excluding hydrogens is 388 g/mol. The second-order valence-corrected chi connectivity index (χ2v) is 9.91. The van der Waals surface area contributed by atoms with E-state index in [1.165, 1.54) is 24.3 Å². The summed E-state index contributed by atoms with van der Waals surface area (Å²) in [6.45, 7) is 3.76. The lowest BCUT2D eigenvalue weighted by atomic mass is 10.1. The van der Waals surface area contributed by atoms with E-state index in [-0.39, 0.29) is 22.8 Å². The van der Waals surface area contributed by atoms with Crippen LogP contribution in [0.25, 0.3) is 0 Å². The van der Waals surface area contributed by atoms with Crippen LogP contribution < -0.4 is 9.03 Å². The molecule has 9 heteroatoms. The monoisotopic (exact) mass is 408 g/mol. The van der Waals surface area contributed by atoms with Gasteiger partial charge in [0.25, 0.3) is 10.0 Å². The van der Waals surface area contributed by atoms with Crippen molar-refractivity contribution >= 4 is 37.3 Å². The van der Waals surface area contributed by atoms with Gasteiger partial charge in [-0.2, -0.15) is 0 Å². The zero-order valence-corrected chi connectivity index (χ0v) is 16.6. The Bertz CT molecular complexity index is 1090. The van der Waals surface area contributed by atoms with E-state index >= 15 is 0 Å². The number of anilines is 2. The standard InChI is InChI=1S/C18H20N2O5S2/c1-3-14-6-4-5-13(2)18(14)19-27(24,25)16-9-7-15(8-10-16)20-17(21)11-12-26(20,22)23/h4-10,19H,3,11-12H2,1-2H3. The zero-order valence-electron chi connectivity index (χ0n) is 15.0. The highest BCUT2D eigenvalue weighted by Crippen LogP contribution is 2.28. The molecule has 1 amide bonds. The predicted octanol–water partition coefficient (Wildman–Crippen LogP) is 2.42. The molecular formula is C18H20N2O5S2. The fraction of sp³-hybridized carbons (Fsp3) is 0.278. The number of sulfonamides is 2. The molecule has 2 aromatic rings. The Balaban J connectivity index is 1.92. The van der Waals surface area contributed by atoms with E-state index in [1.807, 2.05) is 32.0 Å². The van der Waals surface area contributed by atoms with Gasteiger partial charge in [0.05, 0.1) is 22.0 Å². The third kappa shape index (κ3) is 3.70. The van der Waals surface area contributed by atoms with E-state index in [1.54, 1.807) is 0 Å². The van der Waals surface area contributed by atoms with Crippen molar-refractivity contribution in [3.05, 3.63) is 53.6 Å². The largest absolute Gasteiger partial charge is 0.279 e. The summed E-state index contributed by atoms with van der Waals surface area (Å²) in [7, 11) is -7.54. The molecule has 0 aliphatic carbocycles. The lowest BCUT2D eigenvalue weighted by Gasteiger charge is -2.17. The van der Waals surface area contributed by atoms with Crippen LogP contribution in [-0.4, -0.2) is 28.5 Å². The third-order valence-electron chi connectivity index (χ3n) is 4.44. The molecule has 0 radical (unpaired) electrons. The van der Waals surface area contributed by atoms with Crippen molar-refractivity contribution in [2.24, 2.45) is 0 Å². The summed E-state index contributed by atoms with van der Waals surface area (Å²) in [5.74, 6) is -0.753. The van der Waals surface area contributed by atoms with Gasteiger partial charge < -0.3 is 0 Å². The maximum Gasteiger partial charge on any atom is 0.261 e. The quantitative estimate of drug-likeness (QED) is 0.819. The van der Waals surface area contributed by atoms with Gasteiger partial charge in [-0.15, -0.1) is 0 Å². The van der Waals surface area contributed by atoms with E-state index in [2.05, 4.69) is 4.72 Å². The number of nitrogens with zero attached hydrogens (tertiary/aromatic N) is 1. The Kier molecular flexibility index (Phi) is 5.00. The number of hydrogen-bond donors (Lipinski definition) is 1. The van der Waals surface area contributed by atoms with Crippen molar-refractivity contribution < 1.29 is 21.6 Å². The number of rotatable bonds is 5. The first-order valence-electron chi connectivity index (χ1n) is 8.43. The number of aryl methyl sites for hydroxylation is 2. The van der Waals surface area contributed by atoms with E-state index in [9.17, 15) is 21.6 Å². The molecule has 1 aliphatic heterocycles. The molecule has 0 bridgehead atoms. The van der Waals surface area contributed by atoms with Crippen molar-refractivity contribution in [1.82, 2.24) is 0 Å². The van der Waals surface area contributed by atoms with E-state index in [0.717, 1.165) is 15.4 Å². The fourth-order valence-corrected chi connectivity index (χ4v) is 5.62. The summed E-state index contributed by atoms with van der Waals surface area (Å²) in [5, 5.41) is 0. The molecule has 1 fully saturated rings. The minimum absolute atomic E-state index is 0.0133. The van der Waals surface area contributed by atoms with Crippen LogP contribution >= 0.6 is 0 Å². The molecule has 3 rings (SSSR count). The Morgan fingerprint density at radius 3 is 2.33 bits per heavy atom. The summed E-state index contributed by atoms with van der Waals surface area (Å²) in [4.78, 5) is 11.8. The highest BCUT2D eigenvalue weighted by molar-refractivity contribution is 7.94. The molecule has 7 nitrogen and oxygen atoms in total. The van der Waals surface area contributed by atoms with Gasteiger partial charge in [0.2, 0.25) is 15.9 Å². The number of carbonyl (C=O) groups excluding carboxylic acids is 1. The van der Waals surface area contributed by atoms with E-state index < -0.39 is 26.0 Å². The molecule has 0 spiro atoms. The SMILES string of the molecule is CCc1cccc(C)c1NS(=O)(=O)c1ccc(N2C(=O)CCS2(=O)=O)cc1. The number of benzene rings is 2. The van der Waals surface area contributed by atoms with E-state index in [0.29, 0.717) is 12.1 Å². The first-order chi connectivity index (χ1) is 12.7. The Morgan fingerprint density at radius 2 is 1.78 bits per heavy atom. The zero-order chi connectivity index (χ0) is 19.8. The van der Waals surface area contributed by atoms with Crippen LogP contribution in [0, 0.1) is 6.92 Å². The lowest BCUT2D eigenvalue weighted by molar-refractivity contribution is -0.116. The molecule has 2 aromatic carbocycles. The molecule has 0 saturated carbocycles. The Morgan fingerprint density at radius 1 is 1.11 bits per heavy atom. The fourth-order valence-electron chi connectivity index (χ4n) is 2.99. The molecule has 1 aliphatic rings. The molecule has 27 heavy (non-hydrogen) atoms. The van der Waals surface area contributed by atoms with Crippen LogP contribution in [0.3, 0.4) is 0 Å². The van der Waals surface area contributed by atoms with Crippen LogP contribution in [0.1, 0.15) is 24.5 Å². The molecule has 0 atom stereocenters. The van der Waals surface area contributed by atoms with Gasteiger partial charge in [0.1, 0.15) is 0 Å². The molecule has 0 unspecified atom stereocenters. The average molecular weight is 409 g/mol. The molecule has 1 saturated heterocycles. The van der Waals surface area contributed by atoms with Gasteiger partial charge in [0, 0.05) is 6.42 Å². The number of para-hydroxylation sites is 1. The molecule has 0 aromatic heterocycles. The van der Waals surface area contributed by atoms with Crippen molar-refractivity contribution in [3.63, 3.8) is 0 Å². The number of carbonyl (C=O) groups is 1. The highest BCUT2D eigenvalue weighted by atomic mass is 32.2. The van der Waals surface area contributed by atoms with E-state index in [4.69, 9.17) is 0 Å². The molecule has 1 heterocycles. The van der Waals surface area contributed by atoms with Crippen molar-refractivity contribution in [2.75, 3.05) is 14.8 Å². The van der Waals surface area contributed by atoms with Gasteiger partial charge >= 0.3 is 0 Å². The Hall–Kier alpha value is -2.39. The lowest BCUT2D eigenvalue weighted by Crippen LogP contribution is -2.29. The van der Waals surface area contributed by atoms with Crippen LogP contribution in [0.4, 0.5) is 11.4 Å². The second-order valence-electron chi connectivity index (χ2n) is 6.29. The minimum atomic E-state index is -3.85. The second kappa shape index (κ2) is 6.97. The van der Waals surface area contributed by atoms with Crippen molar-refractivity contribution in [3.8, 4) is 0 Å². The van der Waals surface area contributed by atoms with Crippen molar-refractivity contribution in [1.29, 1.82) is 0 Å². The average Bonchev–Trinajstić information content (AvgIpc) is 2.89. The highest BCUT2D eigenvalue weighted by Gasteiger charge is 2.36. The van der Waals surface area contributed by atoms with Gasteiger partial charge in [-0.25, -0.2) is 21.1 Å². The van der Waals surface area contributed by atoms with Crippen LogP contribution in [0.15, 0.2) is 47.4 Å². The first-order valence-corrected chi connectivity index (χ1v) is 11.5. The summed E-state index contributed by atoms with van der Waals surface area (Å²) in [6, 6.07) is 10.8. The van der Waals surface area contributed by atoms with Crippen molar-refractivity contribution in [2.45, 2.75) is 31.6 Å². The van der Waals surface area contributed by atoms with Gasteiger partial charge in [-0.3, -0.25) is 9.52 Å². The van der Waals surface area contributed by atoms with Gasteiger partial charge in [-0.05, 0) is 48.7 Å². The number of hydrogen-bond acceptors (Lipinski definition) is 5. The van der Waals surface area contributed by atoms with Crippen LogP contribution in [-0.2, 0) is 31.3 Å². The summed E-state index contributed by atoms with van der Waals surface area (Å²) >= 11 is 0. The maximum absolute atomic E-state index is 12.7. The number of amides is 1. The molecule has 1 N–H and O–H groups in total. The summed E-state index contributed by atoms with van der Waals surface area (Å²) < 4.78 is 52.8. The maximum atomic E-state index is 12.7. The minimum Gasteiger partial charge on any atom is -0.279 e.